The molecule has 23 heavy (non-hydrogen) atoms. The van der Waals surface area contributed by atoms with Crippen molar-refractivity contribution in [1.29, 1.82) is 0 Å². The van der Waals surface area contributed by atoms with Crippen molar-refractivity contribution in [3.63, 3.8) is 0 Å². The van der Waals surface area contributed by atoms with Gasteiger partial charge in [0.25, 0.3) is 0 Å². The van der Waals surface area contributed by atoms with Gasteiger partial charge in [-0.15, -0.1) is 0 Å². The maximum atomic E-state index is 2.46. The third-order valence-electron chi connectivity index (χ3n) is 4.66. The van der Waals surface area contributed by atoms with E-state index in [9.17, 15) is 0 Å². The van der Waals surface area contributed by atoms with Gasteiger partial charge in [-0.1, -0.05) is 0 Å². The number of aromatic nitrogens is 1. The third kappa shape index (κ3) is 3.88. The van der Waals surface area contributed by atoms with E-state index in [1.165, 1.54) is 27.9 Å². The number of aryl methyl sites for hydroxylation is 3. The molecule has 124 valence electrons. The van der Waals surface area contributed by atoms with Crippen molar-refractivity contribution in [3.05, 3.63) is 47.2 Å². The first kappa shape index (κ1) is 18.3. The molecule has 0 amide bonds. The van der Waals surface area contributed by atoms with Crippen LogP contribution in [-0.4, -0.2) is 13.3 Å². The zero-order valence-corrected chi connectivity index (χ0v) is 18.4. The van der Waals surface area contributed by atoms with Crippen LogP contribution in [-0.2, 0) is 12.5 Å². The molecule has 0 saturated carbocycles. The Morgan fingerprint density at radius 2 is 1.52 bits per heavy atom. The summed E-state index contributed by atoms with van der Waals surface area (Å²) in [7, 11) is 2.18. The molecule has 0 bridgehead atoms. The molecule has 0 spiro atoms. The van der Waals surface area contributed by atoms with Gasteiger partial charge >= 0.3 is 145 Å². The Morgan fingerprint density at radius 1 is 0.913 bits per heavy atom. The average molecular weight is 371 g/mol. The first-order valence-electron chi connectivity index (χ1n) is 8.53. The Bertz CT molecular complexity index is 731. The van der Waals surface area contributed by atoms with E-state index in [2.05, 4.69) is 94.0 Å². The summed E-state index contributed by atoms with van der Waals surface area (Å²) in [5, 5.41) is 0. The van der Waals surface area contributed by atoms with E-state index in [1.54, 1.807) is 4.40 Å². The number of benzene rings is 1. The fraction of sp³-hybridized carbons (Fsp3) is 0.476. The minimum atomic E-state index is -1.82. The van der Waals surface area contributed by atoms with Gasteiger partial charge in [-0.3, -0.25) is 0 Å². The van der Waals surface area contributed by atoms with Gasteiger partial charge in [-0.25, -0.2) is 0 Å². The summed E-state index contributed by atoms with van der Waals surface area (Å²) in [4.78, 5) is 0. The van der Waals surface area contributed by atoms with E-state index in [4.69, 9.17) is 0 Å². The molecule has 1 aromatic carbocycles. The summed E-state index contributed by atoms with van der Waals surface area (Å²) in [6, 6.07) is 9.31. The van der Waals surface area contributed by atoms with Crippen molar-refractivity contribution in [2.45, 2.75) is 57.3 Å². The van der Waals surface area contributed by atoms with Crippen LogP contribution >= 0.6 is 0 Å². The molecule has 1 heterocycles. The molecule has 0 atom stereocenters. The molecule has 0 aliphatic carbocycles. The van der Waals surface area contributed by atoms with E-state index in [1.807, 2.05) is 0 Å². The topological polar surface area (TPSA) is 3.88 Å². The third-order valence-corrected chi connectivity index (χ3v) is 9.15. The molecule has 2 heteroatoms. The molecule has 2 aromatic rings. The summed E-state index contributed by atoms with van der Waals surface area (Å²) in [6.45, 7) is 11.3. The maximum absolute atomic E-state index is 2.46. The van der Waals surface area contributed by atoms with Gasteiger partial charge < -0.3 is 0 Å². The van der Waals surface area contributed by atoms with Crippen molar-refractivity contribution < 1.29 is 4.57 Å². The predicted octanol–water partition coefficient (Wildman–Crippen LogP) is 4.64. The zero-order chi connectivity index (χ0) is 17.6. The second-order valence-electron chi connectivity index (χ2n) is 8.90. The summed E-state index contributed by atoms with van der Waals surface area (Å²) < 4.78 is 3.91. The number of nitrogens with zero attached hydrogens (tertiary/aromatic N) is 1. The molecular weight excluding hydrogens is 339 g/mol. The number of pyridine rings is 1. The fourth-order valence-electron chi connectivity index (χ4n) is 3.22. The van der Waals surface area contributed by atoms with Crippen LogP contribution in [0.3, 0.4) is 0 Å². The first-order valence-corrected chi connectivity index (χ1v) is 15.9. The average Bonchev–Trinajstić information content (AvgIpc) is 2.39. The second-order valence-corrected chi connectivity index (χ2v) is 19.5. The van der Waals surface area contributed by atoms with Crippen LogP contribution < -0.4 is 8.96 Å². The van der Waals surface area contributed by atoms with Gasteiger partial charge in [0, 0.05) is 0 Å². The first-order chi connectivity index (χ1) is 10.4. The van der Waals surface area contributed by atoms with E-state index in [0.29, 0.717) is 0 Å². The molecule has 0 N–H and O–H groups in total. The van der Waals surface area contributed by atoms with Gasteiger partial charge in [0.2, 0.25) is 0 Å². The number of hydrogen-bond donors (Lipinski definition) is 0. The molecular formula is C21H32GeN+. The second kappa shape index (κ2) is 6.09. The Kier molecular flexibility index (Phi) is 4.83. The molecule has 0 radical (unpaired) electrons. The molecule has 0 unspecified atom stereocenters. The van der Waals surface area contributed by atoms with Crippen LogP contribution in [0.2, 0.25) is 17.3 Å². The van der Waals surface area contributed by atoms with Crippen molar-refractivity contribution in [3.8, 4) is 11.3 Å². The Hall–Kier alpha value is -1.09. The predicted molar refractivity (Wildman–Crippen MR) is 104 cm³/mol. The molecule has 0 saturated heterocycles. The van der Waals surface area contributed by atoms with E-state index < -0.39 is 13.3 Å². The Balaban J connectivity index is 2.58. The Labute approximate surface area is 145 Å². The van der Waals surface area contributed by atoms with Crippen molar-refractivity contribution in [1.82, 2.24) is 0 Å². The van der Waals surface area contributed by atoms with Gasteiger partial charge in [-0.05, 0) is 0 Å². The van der Waals surface area contributed by atoms with Crippen LogP contribution in [0.4, 0.5) is 0 Å². The van der Waals surface area contributed by atoms with E-state index in [-0.39, 0.29) is 5.41 Å². The SMILES string of the molecule is Cc1cc(C(C)(C)C)ccc1-c1cc(C)[c]([Ge]([CH3])([CH3])[CH3])c[n+]1C. The zero-order valence-electron chi connectivity index (χ0n) is 16.3. The standard InChI is InChI=1S/C21H32GeN/c1-15-12-17(21(3,4)5)10-11-18(15)20-13-16(2)19(14-23(20)9)22(6,7)8/h10-14H,1-9H3/q+1. The van der Waals surface area contributed by atoms with Gasteiger partial charge in [0.05, 0.1) is 0 Å². The van der Waals surface area contributed by atoms with Crippen LogP contribution in [0, 0.1) is 13.8 Å². The van der Waals surface area contributed by atoms with Crippen molar-refractivity contribution in [2.24, 2.45) is 7.05 Å². The Morgan fingerprint density at radius 3 is 2.00 bits per heavy atom. The normalized spacial score (nSPS) is 12.6. The molecule has 1 nitrogen and oxygen atoms in total. The minimum absolute atomic E-state index is 0.199. The van der Waals surface area contributed by atoms with Crippen molar-refractivity contribution >= 4 is 17.7 Å². The quantitative estimate of drug-likeness (QED) is 0.535. The van der Waals surface area contributed by atoms with Gasteiger partial charge in [0.15, 0.2) is 0 Å². The molecule has 2 rings (SSSR count). The van der Waals surface area contributed by atoms with Gasteiger partial charge in [-0.2, -0.15) is 0 Å². The summed E-state index contributed by atoms with van der Waals surface area (Å²) >= 11 is -1.82. The summed E-state index contributed by atoms with van der Waals surface area (Å²) in [6.07, 6.45) is 2.38. The van der Waals surface area contributed by atoms with E-state index >= 15 is 0 Å². The van der Waals surface area contributed by atoms with Crippen molar-refractivity contribution in [2.75, 3.05) is 0 Å². The number of rotatable bonds is 2. The molecule has 1 aromatic heterocycles. The molecule has 0 fully saturated rings. The van der Waals surface area contributed by atoms with Crippen LogP contribution in [0.25, 0.3) is 11.3 Å². The van der Waals surface area contributed by atoms with E-state index in [0.717, 1.165) is 0 Å². The molecule has 0 aliphatic heterocycles. The molecule has 0 aliphatic rings. The van der Waals surface area contributed by atoms with Gasteiger partial charge in [0.1, 0.15) is 0 Å². The fourth-order valence-corrected chi connectivity index (χ4v) is 7.07. The summed E-state index contributed by atoms with van der Waals surface area (Å²) in [5.74, 6) is 7.39. The summed E-state index contributed by atoms with van der Waals surface area (Å²) in [5.41, 5.74) is 7.07. The van der Waals surface area contributed by atoms with Crippen LogP contribution in [0.15, 0.2) is 30.5 Å². The monoisotopic (exact) mass is 372 g/mol. The number of hydrogen-bond acceptors (Lipinski definition) is 0. The van der Waals surface area contributed by atoms with Crippen LogP contribution in [0.1, 0.15) is 37.5 Å². The van der Waals surface area contributed by atoms with Crippen LogP contribution in [0.5, 0.6) is 0 Å².